The molecule has 2 heterocycles. The molecule has 6 nitrogen and oxygen atoms in total. The first-order valence-corrected chi connectivity index (χ1v) is 11.9. The van der Waals surface area contributed by atoms with Crippen LogP contribution in [0.5, 0.6) is 0 Å². The number of aryl methyl sites for hydroxylation is 2. The number of fused-ring (bicyclic) bond motifs is 4. The van der Waals surface area contributed by atoms with E-state index in [1.807, 2.05) is 0 Å². The largest absolute Gasteiger partial charge is 0.674 e. The van der Waals surface area contributed by atoms with E-state index in [0.29, 0.717) is 10.3 Å². The van der Waals surface area contributed by atoms with Crippen molar-refractivity contribution in [1.29, 1.82) is 0 Å². The molecule has 4 aromatic rings. The number of anilines is 2. The van der Waals surface area contributed by atoms with Gasteiger partial charge >= 0.3 is 0 Å². The fourth-order valence-corrected chi connectivity index (χ4v) is 5.95. The molecule has 2 aliphatic carbocycles. The number of thiazole rings is 2. The second-order valence-electron chi connectivity index (χ2n) is 8.16. The average Bonchev–Trinajstić information content (AvgIpc) is 3.24. The van der Waals surface area contributed by atoms with E-state index in [2.05, 4.69) is 34.2 Å². The van der Waals surface area contributed by atoms with Crippen LogP contribution in [0.3, 0.4) is 0 Å². The predicted octanol–water partition coefficient (Wildman–Crippen LogP) is 5.58. The monoisotopic (exact) mass is 1000 g/mol. The number of hydrogen-bond acceptors (Lipinski definition) is 6. The maximum Gasteiger partial charge on any atom is 0.181 e. The number of nitrogens with two attached hydrogens (primary N) is 2. The summed E-state index contributed by atoms with van der Waals surface area (Å²) in [6.07, 6.45) is 5.73. The van der Waals surface area contributed by atoms with Crippen molar-refractivity contribution in [3.63, 3.8) is 0 Å². The molecule has 0 saturated heterocycles. The molecule has 6 rings (SSSR count). The molecule has 2 aromatic carbocycles. The Labute approximate surface area is 341 Å². The van der Waals surface area contributed by atoms with Gasteiger partial charge in [0, 0.05) is 165 Å². The quantitative estimate of drug-likeness (QED) is 0.239. The Balaban J connectivity index is 0.000000304. The Bertz CT molecular complexity index is 1150. The third-order valence-corrected chi connectivity index (χ3v) is 7.60. The van der Waals surface area contributed by atoms with Gasteiger partial charge in [-0.05, 0) is 72.2 Å². The van der Waals surface area contributed by atoms with E-state index >= 15 is 0 Å². The fraction of sp³-hybridized carbons (Fsp3) is 0.364. The Morgan fingerprint density at radius 1 is 0.647 bits per heavy atom. The number of nitrogens with zero attached hydrogens (tertiary/aromatic N) is 2. The minimum absolute atomic E-state index is 0. The maximum atomic E-state index is 7.78. The minimum Gasteiger partial charge on any atom is -0.674 e. The zero-order chi connectivity index (χ0) is 20.8. The Morgan fingerprint density at radius 3 is 1.53 bits per heavy atom. The van der Waals surface area contributed by atoms with E-state index in [4.69, 9.17) is 22.9 Å². The molecular formula is C22H24N6Pr4S2-2. The molecule has 6 N–H and O–H groups in total. The molecule has 0 spiro atoms. The van der Waals surface area contributed by atoms with Gasteiger partial charge in [0.2, 0.25) is 0 Å². The van der Waals surface area contributed by atoms with E-state index in [9.17, 15) is 0 Å². The van der Waals surface area contributed by atoms with Crippen molar-refractivity contribution >= 4 is 53.4 Å². The molecular weight excluding hydrogens is 976 g/mol. The summed E-state index contributed by atoms with van der Waals surface area (Å²) in [6, 6.07) is 8.75. The first-order valence-electron chi connectivity index (χ1n) is 10.2. The summed E-state index contributed by atoms with van der Waals surface area (Å²) in [5.74, 6) is 0. The van der Waals surface area contributed by atoms with Gasteiger partial charge in [-0.15, -0.1) is 12.1 Å². The average molecular weight is 1000 g/mol. The minimum atomic E-state index is 0. The van der Waals surface area contributed by atoms with Gasteiger partial charge in [0.05, 0.1) is 20.4 Å². The zero-order valence-corrected chi connectivity index (χ0v) is 35.3. The van der Waals surface area contributed by atoms with Crippen molar-refractivity contribution < 1.29 is 165 Å². The van der Waals surface area contributed by atoms with Crippen LogP contribution < -0.4 is 11.5 Å². The second kappa shape index (κ2) is 15.8. The zero-order valence-electron chi connectivity index (χ0n) is 18.9. The number of nitrogen functional groups attached to an aromatic ring is 2. The van der Waals surface area contributed by atoms with E-state index < -0.39 is 0 Å². The van der Waals surface area contributed by atoms with Gasteiger partial charge in [0.1, 0.15) is 0 Å². The summed E-state index contributed by atoms with van der Waals surface area (Å²) in [5, 5.41) is 1.27. The third-order valence-electron chi connectivity index (χ3n) is 5.91. The predicted molar refractivity (Wildman–Crippen MR) is 128 cm³/mol. The Morgan fingerprint density at radius 2 is 1.03 bits per heavy atom. The molecule has 0 fully saturated rings. The summed E-state index contributed by atoms with van der Waals surface area (Å²) < 4.78 is 2.33. The van der Waals surface area contributed by atoms with Crippen LogP contribution >= 0.6 is 22.7 Å². The van der Waals surface area contributed by atoms with Crippen molar-refractivity contribution in [2.24, 2.45) is 0 Å². The topological polar surface area (TPSA) is 125 Å². The molecule has 34 heavy (non-hydrogen) atoms. The van der Waals surface area contributed by atoms with Crippen molar-refractivity contribution in [2.75, 3.05) is 11.5 Å². The Hall–Kier alpha value is 3.19. The van der Waals surface area contributed by atoms with Crippen molar-refractivity contribution in [3.8, 4) is 0 Å². The molecule has 4 radical (unpaired) electrons. The number of rotatable bonds is 0. The maximum absolute atomic E-state index is 7.78. The molecule has 0 saturated carbocycles. The molecule has 2 aliphatic rings. The number of benzene rings is 2. The van der Waals surface area contributed by atoms with Crippen LogP contribution in [-0.4, -0.2) is 22.1 Å². The first kappa shape index (κ1) is 35.2. The summed E-state index contributed by atoms with van der Waals surface area (Å²) in [7, 11) is 0. The van der Waals surface area contributed by atoms with Gasteiger partial charge in [0.25, 0.3) is 0 Å². The van der Waals surface area contributed by atoms with Gasteiger partial charge in [0.15, 0.2) is 10.3 Å². The van der Waals surface area contributed by atoms with E-state index in [1.54, 1.807) is 11.3 Å². The summed E-state index contributed by atoms with van der Waals surface area (Å²) in [4.78, 5) is 8.57. The van der Waals surface area contributed by atoms with E-state index in [0.717, 1.165) is 54.3 Å². The molecule has 0 amide bonds. The van der Waals surface area contributed by atoms with Crippen LogP contribution in [0, 0.1) is 165 Å². The number of hydrogen-bond donors (Lipinski definition) is 2. The van der Waals surface area contributed by atoms with Crippen LogP contribution in [0.4, 0.5) is 10.3 Å². The first-order chi connectivity index (χ1) is 14.4. The van der Waals surface area contributed by atoms with Gasteiger partial charge in [-0.1, -0.05) is 35.5 Å². The molecule has 168 valence electrons. The van der Waals surface area contributed by atoms with Gasteiger partial charge in [-0.2, -0.15) is 0 Å². The summed E-state index contributed by atoms with van der Waals surface area (Å²) in [5.41, 5.74) is 34.3. The normalized spacial score (nSPS) is 18.1. The van der Waals surface area contributed by atoms with E-state index in [-0.39, 0.29) is 177 Å². The second-order valence-corrected chi connectivity index (χ2v) is 10.3. The van der Waals surface area contributed by atoms with Crippen LogP contribution in [-0.2, 0) is 25.7 Å². The summed E-state index contributed by atoms with van der Waals surface area (Å²) >= 11 is 3.08. The Kier molecular flexibility index (Phi) is 16.4. The number of aromatic nitrogens is 2. The number of nitrogens with one attached hydrogen (secondary N) is 2. The smallest absolute Gasteiger partial charge is 0.181 e. The van der Waals surface area contributed by atoms with E-state index in [1.165, 1.54) is 38.3 Å². The molecule has 0 aliphatic heterocycles. The van der Waals surface area contributed by atoms with Gasteiger partial charge < -0.3 is 22.9 Å². The van der Waals surface area contributed by atoms with Crippen LogP contribution in [0.1, 0.15) is 35.1 Å². The molecule has 2 atom stereocenters. The van der Waals surface area contributed by atoms with Crippen molar-refractivity contribution in [3.05, 3.63) is 58.0 Å². The molecule has 12 heteroatoms. The standard InChI is InChI=1S/2C11H12N3S.4Pr/c12-8-2-1-6-5-10-9(4-7(6)3-8)14-11(13)15-10;12-8-2-1-6-4-9-10(5-7(6)3-8)15-11(13)14-9;;;;/h2*4-5,8,12H,1-3H2,(H2,13,14);;;;/q2*-1;;;;. The van der Waals surface area contributed by atoms with Gasteiger partial charge in [-0.25, -0.2) is 9.97 Å². The van der Waals surface area contributed by atoms with Crippen molar-refractivity contribution in [2.45, 2.75) is 50.6 Å². The van der Waals surface area contributed by atoms with Crippen LogP contribution in [0.2, 0.25) is 0 Å². The SMILES string of the molecule is [NH-]C1CCc2cc3nc(N)sc3cc2C1.[NH-]C1CCc2cc3sc(N)nc3cc2C1.[Pr].[Pr].[Pr].[Pr]. The third kappa shape index (κ3) is 8.59. The molecule has 2 unspecified atom stereocenters. The van der Waals surface area contributed by atoms with Crippen LogP contribution in [0.15, 0.2) is 24.3 Å². The fourth-order valence-electron chi connectivity index (χ4n) is 4.39. The van der Waals surface area contributed by atoms with Gasteiger partial charge in [-0.3, -0.25) is 0 Å². The van der Waals surface area contributed by atoms with Crippen molar-refractivity contribution in [1.82, 2.24) is 9.97 Å². The summed E-state index contributed by atoms with van der Waals surface area (Å²) in [6.45, 7) is 0. The van der Waals surface area contributed by atoms with Crippen LogP contribution in [0.25, 0.3) is 31.9 Å². The molecule has 0 bridgehead atoms. The molecule has 2 aromatic heterocycles.